The number of imidazole rings is 1. The standard InChI is InChI=1S/C25H28F2N8O/c26-25(27)36-19-4-2-17(3-5-19)21-15-35(13-12-33-8-1-9-33)23(32-21)18-6-10-34(11-7-18)24-20(14-28)22(29)30-16-31-24/h2-5,15-16,18,25H,1,6-13H2,(H2,29,30,31). The molecule has 2 aliphatic heterocycles. The van der Waals surface area contributed by atoms with Gasteiger partial charge in [0.25, 0.3) is 0 Å². The first-order valence-electron chi connectivity index (χ1n) is 12.1. The van der Waals surface area contributed by atoms with Crippen LogP contribution in [0.5, 0.6) is 5.75 Å². The van der Waals surface area contributed by atoms with Crippen LogP contribution < -0.4 is 15.4 Å². The molecule has 0 amide bonds. The van der Waals surface area contributed by atoms with Gasteiger partial charge in [0.1, 0.15) is 35.4 Å². The van der Waals surface area contributed by atoms with Crippen LogP contribution in [-0.4, -0.2) is 63.8 Å². The fourth-order valence-electron chi connectivity index (χ4n) is 4.82. The summed E-state index contributed by atoms with van der Waals surface area (Å²) in [5.41, 5.74) is 7.86. The highest BCUT2D eigenvalue weighted by atomic mass is 19.3. The summed E-state index contributed by atoms with van der Waals surface area (Å²) in [6.45, 7) is 2.67. The van der Waals surface area contributed by atoms with Gasteiger partial charge in [-0.15, -0.1) is 0 Å². The molecular weight excluding hydrogens is 466 g/mol. The highest BCUT2D eigenvalue weighted by molar-refractivity contribution is 5.63. The van der Waals surface area contributed by atoms with E-state index in [1.807, 2.05) is 0 Å². The molecule has 36 heavy (non-hydrogen) atoms. The predicted octanol–water partition coefficient (Wildman–Crippen LogP) is 3.49. The van der Waals surface area contributed by atoms with Crippen molar-refractivity contribution in [3.63, 3.8) is 0 Å². The van der Waals surface area contributed by atoms with Gasteiger partial charge in [0.15, 0.2) is 5.82 Å². The summed E-state index contributed by atoms with van der Waals surface area (Å²) in [6.07, 6.45) is 6.41. The molecule has 0 atom stereocenters. The Morgan fingerprint density at radius 3 is 2.47 bits per heavy atom. The Hall–Kier alpha value is -3.78. The molecule has 0 bridgehead atoms. The highest BCUT2D eigenvalue weighted by Crippen LogP contribution is 2.33. The maximum absolute atomic E-state index is 12.5. The number of aromatic nitrogens is 4. The van der Waals surface area contributed by atoms with Gasteiger partial charge in [-0.2, -0.15) is 14.0 Å². The van der Waals surface area contributed by atoms with Gasteiger partial charge in [-0.25, -0.2) is 15.0 Å². The van der Waals surface area contributed by atoms with Gasteiger partial charge < -0.3 is 24.8 Å². The lowest BCUT2D eigenvalue weighted by molar-refractivity contribution is -0.0498. The van der Waals surface area contributed by atoms with E-state index in [1.165, 1.54) is 12.7 Å². The van der Waals surface area contributed by atoms with Crippen molar-refractivity contribution in [3.8, 4) is 23.1 Å². The SMILES string of the molecule is N#Cc1c(N)ncnc1N1CCC(c2nc(-c3ccc(OC(F)F)cc3)cn2CCN2CCC2)CC1. The zero-order valence-corrected chi connectivity index (χ0v) is 19.9. The Balaban J connectivity index is 1.35. The Morgan fingerprint density at radius 1 is 1.08 bits per heavy atom. The molecule has 11 heteroatoms. The van der Waals surface area contributed by atoms with Crippen molar-refractivity contribution in [2.45, 2.75) is 38.3 Å². The average Bonchev–Trinajstić information content (AvgIpc) is 3.27. The van der Waals surface area contributed by atoms with Gasteiger partial charge in [-0.1, -0.05) is 0 Å². The number of nitriles is 1. The largest absolute Gasteiger partial charge is 0.435 e. The van der Waals surface area contributed by atoms with Crippen molar-refractivity contribution in [3.05, 3.63) is 48.2 Å². The van der Waals surface area contributed by atoms with Crippen LogP contribution in [0.2, 0.25) is 0 Å². The third-order valence-electron chi connectivity index (χ3n) is 6.92. The third kappa shape index (κ3) is 5.09. The topological polar surface area (TPSA) is 109 Å². The van der Waals surface area contributed by atoms with Crippen molar-refractivity contribution in [2.24, 2.45) is 0 Å². The number of likely N-dealkylation sites (tertiary alicyclic amines) is 1. The molecule has 188 valence electrons. The van der Waals surface area contributed by atoms with E-state index in [0.29, 0.717) is 11.4 Å². The maximum Gasteiger partial charge on any atom is 0.387 e. The van der Waals surface area contributed by atoms with Crippen LogP contribution in [0.4, 0.5) is 20.4 Å². The number of piperidine rings is 1. The van der Waals surface area contributed by atoms with Crippen molar-refractivity contribution >= 4 is 11.6 Å². The Bertz CT molecular complexity index is 1230. The molecule has 2 N–H and O–H groups in total. The zero-order chi connectivity index (χ0) is 25.1. The number of benzene rings is 1. The molecule has 0 unspecified atom stereocenters. The fraction of sp³-hybridized carbons (Fsp3) is 0.440. The van der Waals surface area contributed by atoms with Gasteiger partial charge in [0.05, 0.1) is 5.69 Å². The van der Waals surface area contributed by atoms with E-state index >= 15 is 0 Å². The molecule has 0 spiro atoms. The molecule has 2 fully saturated rings. The normalized spacial score (nSPS) is 16.7. The fourth-order valence-corrected chi connectivity index (χ4v) is 4.82. The van der Waals surface area contributed by atoms with Crippen LogP contribution in [0.25, 0.3) is 11.3 Å². The first-order chi connectivity index (χ1) is 17.5. The molecule has 0 radical (unpaired) electrons. The lowest BCUT2D eigenvalue weighted by atomic mass is 9.95. The van der Waals surface area contributed by atoms with Gasteiger partial charge >= 0.3 is 6.61 Å². The zero-order valence-electron chi connectivity index (χ0n) is 19.9. The second-order valence-electron chi connectivity index (χ2n) is 9.11. The summed E-state index contributed by atoms with van der Waals surface area (Å²) in [5, 5.41) is 9.50. The molecule has 2 aliphatic rings. The van der Waals surface area contributed by atoms with Gasteiger partial charge in [0, 0.05) is 43.9 Å². The van der Waals surface area contributed by atoms with Crippen molar-refractivity contribution in [1.29, 1.82) is 5.26 Å². The van der Waals surface area contributed by atoms with E-state index in [4.69, 9.17) is 10.7 Å². The van der Waals surface area contributed by atoms with Crippen molar-refractivity contribution in [2.75, 3.05) is 43.4 Å². The van der Waals surface area contributed by atoms with Crippen molar-refractivity contribution in [1.82, 2.24) is 24.4 Å². The van der Waals surface area contributed by atoms with Crippen molar-refractivity contribution < 1.29 is 13.5 Å². The second kappa shape index (κ2) is 10.5. The number of alkyl halides is 2. The van der Waals surface area contributed by atoms with Gasteiger partial charge in [-0.3, -0.25) is 0 Å². The molecule has 3 aromatic rings. The van der Waals surface area contributed by atoms with Crippen LogP contribution >= 0.6 is 0 Å². The number of nitrogens with two attached hydrogens (primary N) is 1. The summed E-state index contributed by atoms with van der Waals surface area (Å²) in [5.74, 6) is 2.18. The molecule has 2 saturated heterocycles. The predicted molar refractivity (Wildman–Crippen MR) is 131 cm³/mol. The Morgan fingerprint density at radius 2 is 1.83 bits per heavy atom. The molecule has 5 rings (SSSR count). The van der Waals surface area contributed by atoms with Gasteiger partial charge in [-0.05, 0) is 56.6 Å². The lowest BCUT2D eigenvalue weighted by Gasteiger charge is -2.34. The molecule has 0 saturated carbocycles. The van der Waals surface area contributed by atoms with E-state index in [-0.39, 0.29) is 17.5 Å². The molecule has 9 nitrogen and oxygen atoms in total. The van der Waals surface area contributed by atoms with E-state index in [2.05, 4.69) is 41.3 Å². The van der Waals surface area contributed by atoms with Crippen LogP contribution in [0.3, 0.4) is 0 Å². The number of hydrogen-bond donors (Lipinski definition) is 1. The van der Waals surface area contributed by atoms with Crippen LogP contribution in [0, 0.1) is 11.3 Å². The number of anilines is 2. The first-order valence-corrected chi connectivity index (χ1v) is 12.1. The summed E-state index contributed by atoms with van der Waals surface area (Å²) < 4.78 is 31.7. The number of ether oxygens (including phenoxy) is 1. The molecular formula is C25H28F2N8O. The van der Waals surface area contributed by atoms with E-state index < -0.39 is 6.61 Å². The van der Waals surface area contributed by atoms with E-state index in [9.17, 15) is 14.0 Å². The van der Waals surface area contributed by atoms with E-state index in [1.54, 1.807) is 24.3 Å². The smallest absolute Gasteiger partial charge is 0.387 e. The van der Waals surface area contributed by atoms with Gasteiger partial charge in [0.2, 0.25) is 0 Å². The number of hydrogen-bond acceptors (Lipinski definition) is 8. The lowest BCUT2D eigenvalue weighted by Crippen LogP contribution is -2.39. The maximum atomic E-state index is 12.5. The Kier molecular flexibility index (Phi) is 6.95. The number of halogens is 2. The monoisotopic (exact) mass is 494 g/mol. The molecule has 2 aromatic heterocycles. The molecule has 1 aromatic carbocycles. The highest BCUT2D eigenvalue weighted by Gasteiger charge is 2.28. The Labute approximate surface area is 208 Å². The molecule has 0 aliphatic carbocycles. The third-order valence-corrected chi connectivity index (χ3v) is 6.92. The van der Waals surface area contributed by atoms with Crippen LogP contribution in [0.15, 0.2) is 36.8 Å². The summed E-state index contributed by atoms with van der Waals surface area (Å²) in [7, 11) is 0. The molecule has 4 heterocycles. The van der Waals surface area contributed by atoms with Crippen LogP contribution in [0.1, 0.15) is 36.6 Å². The summed E-state index contributed by atoms with van der Waals surface area (Å²) >= 11 is 0. The minimum absolute atomic E-state index is 0.126. The minimum Gasteiger partial charge on any atom is -0.435 e. The first kappa shape index (κ1) is 23.9. The summed E-state index contributed by atoms with van der Waals surface area (Å²) in [4.78, 5) is 17.8. The number of nitrogen functional groups attached to an aromatic ring is 1. The average molecular weight is 495 g/mol. The van der Waals surface area contributed by atoms with Crippen LogP contribution in [-0.2, 0) is 6.54 Å². The number of nitrogens with zero attached hydrogens (tertiary/aromatic N) is 7. The number of rotatable bonds is 8. The van der Waals surface area contributed by atoms with E-state index in [0.717, 1.165) is 69.2 Å². The summed E-state index contributed by atoms with van der Waals surface area (Å²) in [6, 6.07) is 8.72. The quantitative estimate of drug-likeness (QED) is 0.507. The minimum atomic E-state index is -2.85. The second-order valence-corrected chi connectivity index (χ2v) is 9.11.